The lowest BCUT2D eigenvalue weighted by molar-refractivity contribution is 0.290. The van der Waals surface area contributed by atoms with Crippen molar-refractivity contribution < 1.29 is 4.42 Å². The van der Waals surface area contributed by atoms with Crippen LogP contribution in [0.2, 0.25) is 0 Å². The van der Waals surface area contributed by atoms with E-state index >= 15 is 0 Å². The van der Waals surface area contributed by atoms with Crippen LogP contribution < -0.4 is 5.32 Å². The van der Waals surface area contributed by atoms with Gasteiger partial charge in [-0.2, -0.15) is 0 Å². The Labute approximate surface area is 126 Å². The second-order valence-corrected chi connectivity index (χ2v) is 6.52. The minimum absolute atomic E-state index is 0.835. The Balaban J connectivity index is 1.84. The minimum Gasteiger partial charge on any atom is -0.468 e. The quantitative estimate of drug-likeness (QED) is 0.828. The molecule has 0 aromatic carbocycles. The smallest absolute Gasteiger partial charge is 0.118 e. The molecule has 0 saturated carbocycles. The molecule has 3 nitrogen and oxygen atoms in total. The van der Waals surface area contributed by atoms with E-state index in [0.29, 0.717) is 0 Å². The molecule has 0 radical (unpaired) electrons. The molecule has 0 bridgehead atoms. The number of rotatable bonds is 7. The molecular formula is C14H19BrN2OS. The molecule has 0 spiro atoms. The van der Waals surface area contributed by atoms with Gasteiger partial charge in [0.15, 0.2) is 0 Å². The number of nitrogens with zero attached hydrogens (tertiary/aromatic N) is 1. The molecule has 0 aliphatic carbocycles. The van der Waals surface area contributed by atoms with Crippen molar-refractivity contribution in [2.45, 2.75) is 26.6 Å². The van der Waals surface area contributed by atoms with Crippen molar-refractivity contribution in [2.75, 3.05) is 13.6 Å². The van der Waals surface area contributed by atoms with Crippen LogP contribution in [0, 0.1) is 0 Å². The summed E-state index contributed by atoms with van der Waals surface area (Å²) in [4.78, 5) is 3.61. The Morgan fingerprint density at radius 3 is 2.89 bits per heavy atom. The van der Waals surface area contributed by atoms with Gasteiger partial charge in [0.05, 0.1) is 12.8 Å². The van der Waals surface area contributed by atoms with Gasteiger partial charge < -0.3 is 9.73 Å². The molecule has 104 valence electrons. The predicted octanol–water partition coefficient (Wildman–Crippen LogP) is 3.85. The molecule has 0 fully saturated rings. The maximum Gasteiger partial charge on any atom is 0.118 e. The van der Waals surface area contributed by atoms with Crippen LogP contribution in [0.5, 0.6) is 0 Å². The second kappa shape index (κ2) is 7.24. The monoisotopic (exact) mass is 342 g/mol. The van der Waals surface area contributed by atoms with E-state index < -0.39 is 0 Å². The maximum absolute atomic E-state index is 5.59. The molecule has 19 heavy (non-hydrogen) atoms. The molecule has 2 heterocycles. The van der Waals surface area contributed by atoms with E-state index in [2.05, 4.69) is 57.6 Å². The van der Waals surface area contributed by atoms with Crippen LogP contribution >= 0.6 is 27.3 Å². The summed E-state index contributed by atoms with van der Waals surface area (Å²) < 4.78 is 6.75. The van der Waals surface area contributed by atoms with E-state index in [9.17, 15) is 0 Å². The van der Waals surface area contributed by atoms with Crippen LogP contribution in [-0.2, 0) is 19.6 Å². The van der Waals surface area contributed by atoms with Crippen molar-refractivity contribution in [3.8, 4) is 0 Å². The summed E-state index contributed by atoms with van der Waals surface area (Å²) in [6.45, 7) is 5.74. The Hall–Kier alpha value is -0.620. The molecule has 2 aromatic rings. The lowest BCUT2D eigenvalue weighted by atomic mass is 10.3. The Morgan fingerprint density at radius 1 is 1.37 bits per heavy atom. The van der Waals surface area contributed by atoms with Gasteiger partial charge in [0.2, 0.25) is 0 Å². The highest BCUT2D eigenvalue weighted by molar-refractivity contribution is 9.10. The zero-order chi connectivity index (χ0) is 13.7. The van der Waals surface area contributed by atoms with Gasteiger partial charge in [-0.1, -0.05) is 6.92 Å². The van der Waals surface area contributed by atoms with Gasteiger partial charge in [-0.3, -0.25) is 4.90 Å². The number of hydrogen-bond acceptors (Lipinski definition) is 4. The highest BCUT2D eigenvalue weighted by Crippen LogP contribution is 2.21. The van der Waals surface area contributed by atoms with Gasteiger partial charge in [0.25, 0.3) is 0 Å². The first-order valence-electron chi connectivity index (χ1n) is 6.36. The van der Waals surface area contributed by atoms with Crippen LogP contribution in [0.1, 0.15) is 23.1 Å². The van der Waals surface area contributed by atoms with Crippen LogP contribution in [0.25, 0.3) is 0 Å². The van der Waals surface area contributed by atoms with Crippen molar-refractivity contribution in [1.82, 2.24) is 10.2 Å². The van der Waals surface area contributed by atoms with Gasteiger partial charge in [0, 0.05) is 33.4 Å². The molecule has 1 N–H and O–H groups in total. The van der Waals surface area contributed by atoms with Crippen molar-refractivity contribution in [1.29, 1.82) is 0 Å². The molecule has 0 aliphatic heterocycles. The van der Waals surface area contributed by atoms with Gasteiger partial charge in [-0.15, -0.1) is 11.3 Å². The summed E-state index contributed by atoms with van der Waals surface area (Å²) >= 11 is 5.26. The minimum atomic E-state index is 0.835. The van der Waals surface area contributed by atoms with Crippen molar-refractivity contribution in [3.63, 3.8) is 0 Å². The first-order valence-corrected chi connectivity index (χ1v) is 8.03. The van der Waals surface area contributed by atoms with Crippen molar-refractivity contribution in [2.24, 2.45) is 0 Å². The Bertz CT molecular complexity index is 509. The summed E-state index contributed by atoms with van der Waals surface area (Å²) in [7, 11) is 2.11. The molecular weight excluding hydrogens is 324 g/mol. The van der Waals surface area contributed by atoms with Gasteiger partial charge in [0.1, 0.15) is 5.76 Å². The normalized spacial score (nSPS) is 11.4. The zero-order valence-electron chi connectivity index (χ0n) is 11.3. The fourth-order valence-electron chi connectivity index (χ4n) is 1.90. The standard InChI is InChI=1S/C14H19BrN2OS/c1-3-16-6-11-4-13(18-9-11)7-17(2)8-14-5-12(15)10-19-14/h4-5,9-10,16H,3,6-8H2,1-2H3. The number of hydrogen-bond donors (Lipinski definition) is 1. The first-order chi connectivity index (χ1) is 9.17. The third-order valence-electron chi connectivity index (χ3n) is 2.76. The average molecular weight is 343 g/mol. The van der Waals surface area contributed by atoms with Crippen molar-refractivity contribution in [3.05, 3.63) is 44.4 Å². The van der Waals surface area contributed by atoms with E-state index in [-0.39, 0.29) is 0 Å². The van der Waals surface area contributed by atoms with Gasteiger partial charge in [-0.05, 0) is 41.7 Å². The van der Waals surface area contributed by atoms with E-state index in [1.165, 1.54) is 10.4 Å². The number of nitrogens with one attached hydrogen (secondary N) is 1. The van der Waals surface area contributed by atoms with Gasteiger partial charge in [-0.25, -0.2) is 0 Å². The molecule has 2 rings (SSSR count). The molecule has 2 aromatic heterocycles. The summed E-state index contributed by atoms with van der Waals surface area (Å²) in [6.07, 6.45) is 1.84. The third kappa shape index (κ3) is 4.76. The molecule has 0 unspecified atom stereocenters. The van der Waals surface area contributed by atoms with Crippen molar-refractivity contribution >= 4 is 27.3 Å². The lowest BCUT2D eigenvalue weighted by Gasteiger charge is -2.13. The second-order valence-electron chi connectivity index (χ2n) is 4.61. The highest BCUT2D eigenvalue weighted by Gasteiger charge is 2.07. The summed E-state index contributed by atoms with van der Waals surface area (Å²) in [5.74, 6) is 1.02. The average Bonchev–Trinajstić information content (AvgIpc) is 2.96. The fourth-order valence-corrected chi connectivity index (χ4v) is 3.43. The molecule has 0 atom stereocenters. The molecule has 0 saturated heterocycles. The predicted molar refractivity (Wildman–Crippen MR) is 83.3 cm³/mol. The van der Waals surface area contributed by atoms with E-state index in [4.69, 9.17) is 4.42 Å². The fraction of sp³-hybridized carbons (Fsp3) is 0.429. The highest BCUT2D eigenvalue weighted by atomic mass is 79.9. The van der Waals surface area contributed by atoms with Crippen LogP contribution in [0.4, 0.5) is 0 Å². The van der Waals surface area contributed by atoms with E-state index in [1.807, 2.05) is 6.26 Å². The number of furan rings is 1. The van der Waals surface area contributed by atoms with E-state index in [1.54, 1.807) is 11.3 Å². The van der Waals surface area contributed by atoms with E-state index in [0.717, 1.165) is 36.4 Å². The first kappa shape index (κ1) is 14.8. The lowest BCUT2D eigenvalue weighted by Crippen LogP contribution is -2.16. The number of thiophene rings is 1. The number of halogens is 1. The third-order valence-corrected chi connectivity index (χ3v) is 4.44. The largest absolute Gasteiger partial charge is 0.468 e. The van der Waals surface area contributed by atoms with Crippen LogP contribution in [0.15, 0.2) is 32.7 Å². The SMILES string of the molecule is CCNCc1coc(CN(C)Cc2cc(Br)cs2)c1. The topological polar surface area (TPSA) is 28.4 Å². The van der Waals surface area contributed by atoms with Gasteiger partial charge >= 0.3 is 0 Å². The summed E-state index contributed by atoms with van der Waals surface area (Å²) in [6, 6.07) is 4.30. The molecule has 0 amide bonds. The van der Waals surface area contributed by atoms with Crippen LogP contribution in [0.3, 0.4) is 0 Å². The molecule has 0 aliphatic rings. The Kier molecular flexibility index (Phi) is 5.63. The summed E-state index contributed by atoms with van der Waals surface area (Å²) in [5, 5.41) is 5.41. The van der Waals surface area contributed by atoms with Crippen LogP contribution in [-0.4, -0.2) is 18.5 Å². The molecule has 5 heteroatoms. The summed E-state index contributed by atoms with van der Waals surface area (Å²) in [5.41, 5.74) is 1.21. The zero-order valence-corrected chi connectivity index (χ0v) is 13.7. The maximum atomic E-state index is 5.59. The Morgan fingerprint density at radius 2 is 2.21 bits per heavy atom.